The van der Waals surface area contributed by atoms with Crippen molar-refractivity contribution >= 4 is 34.3 Å². The number of nitrogens with zero attached hydrogens (tertiary/aromatic N) is 2. The Morgan fingerprint density at radius 3 is 2.30 bits per heavy atom. The van der Waals surface area contributed by atoms with Gasteiger partial charge in [-0.25, -0.2) is 0 Å². The van der Waals surface area contributed by atoms with E-state index in [4.69, 9.17) is 28.4 Å². The third kappa shape index (κ3) is 12.2. The maximum Gasteiger partial charge on any atom is 0.311 e. The zero-order valence-corrected chi connectivity index (χ0v) is 40.7. The average molecular weight is 933 g/mol. The summed E-state index contributed by atoms with van der Waals surface area (Å²) < 4.78 is 37.6. The van der Waals surface area contributed by atoms with Crippen molar-refractivity contribution in [1.29, 1.82) is 0 Å². The van der Waals surface area contributed by atoms with E-state index in [1.807, 2.05) is 56.3 Å². The smallest absolute Gasteiger partial charge is 0.311 e. The lowest BCUT2D eigenvalue weighted by Crippen LogP contribution is -2.61. The number of hydrogen-bond donors (Lipinski definition) is 7. The van der Waals surface area contributed by atoms with Gasteiger partial charge in [0.15, 0.2) is 12.6 Å². The van der Waals surface area contributed by atoms with Crippen molar-refractivity contribution < 1.29 is 68.3 Å². The Morgan fingerprint density at radius 1 is 0.939 bits per heavy atom. The first kappa shape index (κ1) is 53.6. The van der Waals surface area contributed by atoms with Crippen molar-refractivity contribution in [2.24, 2.45) is 23.7 Å². The first-order valence-electron chi connectivity index (χ1n) is 23.2. The summed E-state index contributed by atoms with van der Waals surface area (Å²) in [6.45, 7) is 14.2. The number of nitrogens with one attached hydrogen (secondary N) is 2. The summed E-state index contributed by atoms with van der Waals surface area (Å²) in [5.41, 5.74) is -3.70. The second-order valence-corrected chi connectivity index (χ2v) is 20.0. The normalized spacial score (nSPS) is 41.0. The predicted octanol–water partition coefficient (Wildman–Crippen LogP) is 2.54. The topological polar surface area (TPSA) is 248 Å². The molecule has 66 heavy (non-hydrogen) atoms. The van der Waals surface area contributed by atoms with Gasteiger partial charge in [0.05, 0.1) is 59.7 Å². The fourth-order valence-electron chi connectivity index (χ4n) is 10.0. The number of amides is 1. The highest BCUT2D eigenvalue weighted by atomic mass is 16.7. The lowest BCUT2D eigenvalue weighted by Gasteiger charge is -2.49. The molecule has 372 valence electrons. The number of ketones is 1. The zero-order chi connectivity index (χ0) is 49.1. The van der Waals surface area contributed by atoms with Gasteiger partial charge in [0.2, 0.25) is 5.91 Å². The number of ether oxygens (including phenoxy) is 6. The van der Waals surface area contributed by atoms with E-state index in [9.17, 15) is 39.9 Å². The Morgan fingerprint density at radius 2 is 1.64 bits per heavy atom. The van der Waals surface area contributed by atoms with Gasteiger partial charge in [0.25, 0.3) is 0 Å². The fourth-order valence-corrected chi connectivity index (χ4v) is 10.0. The molecule has 18 nitrogen and oxygen atoms in total. The Hall–Kier alpha value is -3.40. The molecule has 5 rings (SSSR count). The van der Waals surface area contributed by atoms with Crippen LogP contribution in [-0.4, -0.2) is 172 Å². The first-order valence-corrected chi connectivity index (χ1v) is 23.2. The van der Waals surface area contributed by atoms with Crippen LogP contribution in [-0.2, 0) is 42.8 Å². The number of Topliss-reactive ketones (excluding diaryl/α,β-unsaturated/α-hetero) is 1. The standard InChI is InChI=1S/C48H76N4O14/c1-25-22-46(7,59)43(66-45-39(55)34(52(10)11)20-26(2)62-45)28(4)40(65-37-23-47(8,61-12)42(57)30(6)63-37)29(5)44(58)64-35(48(9,60)41(56)27(3)38(25)54)17-19-50-36(53)24-51-32-15-16-33-31(21-32)14-13-18-49-33/h13-16,18,21,25-30,34-35,37,39-43,45,51,55-57,59-60H,17,19-20,22-24H2,1-12H3,(H,50,53)/t25-,26-,27+,28+,29-,30+,34+,35-,37+,39-,40+,41-,42+,43-,45-,46-,47-,48-/m1/s1. The Bertz CT molecular complexity index is 1950. The Kier molecular flexibility index (Phi) is 17.8. The molecule has 3 aliphatic heterocycles. The summed E-state index contributed by atoms with van der Waals surface area (Å²) in [6, 6.07) is 8.87. The molecule has 3 aliphatic rings. The van der Waals surface area contributed by atoms with Crippen LogP contribution in [0.1, 0.15) is 88.0 Å². The summed E-state index contributed by atoms with van der Waals surface area (Å²) in [5.74, 6) is -6.02. The predicted molar refractivity (Wildman–Crippen MR) is 244 cm³/mol. The van der Waals surface area contributed by atoms with Crippen LogP contribution in [0.2, 0.25) is 0 Å². The third-order valence-corrected chi connectivity index (χ3v) is 14.2. The largest absolute Gasteiger partial charge is 0.459 e. The minimum absolute atomic E-state index is 0.0357. The molecule has 4 heterocycles. The molecule has 3 saturated heterocycles. The van der Waals surface area contributed by atoms with Crippen LogP contribution < -0.4 is 10.6 Å². The number of aliphatic hydroxyl groups is 5. The number of benzene rings is 1. The summed E-state index contributed by atoms with van der Waals surface area (Å²) in [6.07, 6.45) is -9.46. The van der Waals surface area contributed by atoms with Crippen LogP contribution in [0.3, 0.4) is 0 Å². The van der Waals surface area contributed by atoms with Gasteiger partial charge in [0, 0.05) is 67.6 Å². The number of carbonyl (C=O) groups is 3. The number of carbonyl (C=O) groups excluding carboxylic acids is 3. The van der Waals surface area contributed by atoms with Crippen molar-refractivity contribution in [3.05, 3.63) is 36.5 Å². The molecule has 0 spiro atoms. The number of cyclic esters (lactones) is 1. The fraction of sp³-hybridized carbons (Fsp3) is 0.750. The van der Waals surface area contributed by atoms with Crippen LogP contribution in [0.4, 0.5) is 5.69 Å². The van der Waals surface area contributed by atoms with Gasteiger partial charge in [-0.3, -0.25) is 19.4 Å². The van der Waals surface area contributed by atoms with Crippen LogP contribution in [0, 0.1) is 23.7 Å². The zero-order valence-electron chi connectivity index (χ0n) is 40.7. The second kappa shape index (κ2) is 21.9. The molecular weight excluding hydrogens is 857 g/mol. The number of aromatic nitrogens is 1. The molecule has 0 radical (unpaired) electrons. The highest BCUT2D eigenvalue weighted by Gasteiger charge is 2.53. The molecule has 1 amide bonds. The second-order valence-electron chi connectivity index (χ2n) is 20.0. The van der Waals surface area contributed by atoms with Gasteiger partial charge < -0.3 is 69.5 Å². The van der Waals surface area contributed by atoms with Crippen molar-refractivity contribution in [1.82, 2.24) is 15.2 Å². The Labute approximate surface area is 389 Å². The maximum atomic E-state index is 14.7. The molecule has 0 bridgehead atoms. The molecule has 2 aromatic rings. The molecule has 18 heteroatoms. The monoisotopic (exact) mass is 933 g/mol. The van der Waals surface area contributed by atoms with Crippen LogP contribution >= 0.6 is 0 Å². The van der Waals surface area contributed by atoms with Gasteiger partial charge in [-0.15, -0.1) is 0 Å². The van der Waals surface area contributed by atoms with Crippen LogP contribution in [0.25, 0.3) is 10.9 Å². The lowest BCUT2D eigenvalue weighted by molar-refractivity contribution is -0.318. The van der Waals surface area contributed by atoms with Gasteiger partial charge in [0.1, 0.15) is 29.7 Å². The quantitative estimate of drug-likeness (QED) is 0.151. The number of aliphatic hydroxyl groups excluding tert-OH is 3. The number of fused-ring (bicyclic) bond motifs is 1. The molecule has 1 aromatic carbocycles. The van der Waals surface area contributed by atoms with Gasteiger partial charge in [-0.05, 0) is 92.7 Å². The minimum Gasteiger partial charge on any atom is -0.459 e. The van der Waals surface area contributed by atoms with Gasteiger partial charge >= 0.3 is 5.97 Å². The SMILES string of the molecule is CO[C@]1(C)C[C@H](O[C@H]2[C@H](C)[C@@H](O[C@H]3O[C@H](C)C[C@H](N(C)C)[C@H]3O)[C@](C)(O)C[C@@H](C)C(=O)[C@H](C)[C@@H](O)[C@](C)(O)[C@@H](CCNC(=O)CNc3ccc4ncccc4c3)OC(=O)[C@@H]2C)O[C@@H](C)[C@@H]1O. The average Bonchev–Trinajstić information content (AvgIpc) is 3.26. The molecule has 1 aromatic heterocycles. The lowest BCUT2D eigenvalue weighted by atomic mass is 9.74. The highest BCUT2D eigenvalue weighted by molar-refractivity contribution is 5.85. The van der Waals surface area contributed by atoms with E-state index < -0.39 is 113 Å². The number of hydrogen-bond acceptors (Lipinski definition) is 17. The van der Waals surface area contributed by atoms with E-state index in [0.29, 0.717) is 12.1 Å². The molecule has 3 fully saturated rings. The molecular formula is C48H76N4O14. The van der Waals surface area contributed by atoms with Gasteiger partial charge in [-0.2, -0.15) is 0 Å². The summed E-state index contributed by atoms with van der Waals surface area (Å²) in [7, 11) is 5.13. The number of methoxy groups -OCH3 is 1. The minimum atomic E-state index is -2.22. The Balaban J connectivity index is 1.48. The first-order chi connectivity index (χ1) is 30.8. The summed E-state index contributed by atoms with van der Waals surface area (Å²) in [4.78, 5) is 48.2. The van der Waals surface area contributed by atoms with Crippen molar-refractivity contribution in [2.45, 2.75) is 172 Å². The van der Waals surface area contributed by atoms with E-state index >= 15 is 0 Å². The summed E-state index contributed by atoms with van der Waals surface area (Å²) in [5, 5.41) is 65.9. The maximum absolute atomic E-state index is 14.7. The molecule has 0 unspecified atom stereocenters. The van der Waals surface area contributed by atoms with Crippen molar-refractivity contribution in [2.75, 3.05) is 39.6 Å². The number of likely N-dealkylation sites (N-methyl/N-ethyl adjacent to an activating group) is 1. The number of pyridine rings is 1. The highest BCUT2D eigenvalue weighted by Crippen LogP contribution is 2.41. The van der Waals surface area contributed by atoms with Gasteiger partial charge in [-0.1, -0.05) is 26.8 Å². The number of esters is 1. The van der Waals surface area contributed by atoms with E-state index in [2.05, 4.69) is 15.6 Å². The number of anilines is 1. The third-order valence-electron chi connectivity index (χ3n) is 14.2. The molecule has 0 saturated carbocycles. The van der Waals surface area contributed by atoms with Crippen molar-refractivity contribution in [3.8, 4) is 0 Å². The van der Waals surface area contributed by atoms with E-state index in [0.717, 1.165) is 10.9 Å². The molecule has 18 atom stereocenters. The molecule has 7 N–H and O–H groups in total. The van der Waals surface area contributed by atoms with Crippen LogP contribution in [0.15, 0.2) is 36.5 Å². The van der Waals surface area contributed by atoms with Crippen LogP contribution in [0.5, 0.6) is 0 Å². The summed E-state index contributed by atoms with van der Waals surface area (Å²) >= 11 is 0. The number of rotatable bonds is 12. The molecule has 0 aliphatic carbocycles. The van der Waals surface area contributed by atoms with E-state index in [1.54, 1.807) is 40.8 Å². The van der Waals surface area contributed by atoms with E-state index in [-0.39, 0.29) is 44.5 Å². The van der Waals surface area contributed by atoms with E-state index in [1.165, 1.54) is 27.9 Å². The van der Waals surface area contributed by atoms with Crippen molar-refractivity contribution in [3.63, 3.8) is 0 Å².